The standard InChI is InChI=1S/C27H30N4O2/c1-20-18-23(31-16-8-9-17-31)14-15-24(20)30-25(32)19-28-26(21-10-4-2-5-11-21)27(33)29-22-12-6-3-7-13-22/h2-7,10-15,18,26,28H,8-9,16-17,19H2,1H3,(H,29,33)(H,30,32). The van der Waals surface area contributed by atoms with Gasteiger partial charge in [0.25, 0.3) is 0 Å². The first-order valence-electron chi connectivity index (χ1n) is 11.4. The highest BCUT2D eigenvalue weighted by Crippen LogP contribution is 2.25. The summed E-state index contributed by atoms with van der Waals surface area (Å²) in [5.74, 6) is -0.410. The number of nitrogens with one attached hydrogen (secondary N) is 3. The Morgan fingerprint density at radius 2 is 1.55 bits per heavy atom. The third-order valence-electron chi connectivity index (χ3n) is 5.86. The molecule has 3 aromatic carbocycles. The van der Waals surface area contributed by atoms with Gasteiger partial charge in [-0.2, -0.15) is 0 Å². The molecule has 6 nitrogen and oxygen atoms in total. The van der Waals surface area contributed by atoms with Crippen molar-refractivity contribution < 1.29 is 9.59 Å². The Bertz CT molecular complexity index is 1080. The Morgan fingerprint density at radius 3 is 2.21 bits per heavy atom. The molecule has 170 valence electrons. The highest BCUT2D eigenvalue weighted by Gasteiger charge is 2.21. The van der Waals surface area contributed by atoms with Gasteiger partial charge in [0.05, 0.1) is 6.54 Å². The quantitative estimate of drug-likeness (QED) is 0.480. The van der Waals surface area contributed by atoms with Crippen LogP contribution in [0.5, 0.6) is 0 Å². The van der Waals surface area contributed by atoms with E-state index in [9.17, 15) is 9.59 Å². The van der Waals surface area contributed by atoms with Crippen molar-refractivity contribution in [3.05, 3.63) is 90.0 Å². The maximum atomic E-state index is 13.0. The SMILES string of the molecule is Cc1cc(N2CCCC2)ccc1NC(=O)CNC(C(=O)Nc1ccccc1)c1ccccc1. The van der Waals surface area contributed by atoms with Crippen LogP contribution in [0.2, 0.25) is 0 Å². The molecule has 1 heterocycles. The van der Waals surface area contributed by atoms with E-state index in [1.165, 1.54) is 18.5 Å². The number of carbonyl (C=O) groups is 2. The van der Waals surface area contributed by atoms with Gasteiger partial charge in [0.2, 0.25) is 11.8 Å². The van der Waals surface area contributed by atoms with Gasteiger partial charge in [-0.25, -0.2) is 0 Å². The van der Waals surface area contributed by atoms with E-state index in [0.717, 1.165) is 29.9 Å². The number of nitrogens with zero attached hydrogens (tertiary/aromatic N) is 1. The molecule has 33 heavy (non-hydrogen) atoms. The van der Waals surface area contributed by atoms with E-state index < -0.39 is 6.04 Å². The molecule has 1 saturated heterocycles. The zero-order valence-corrected chi connectivity index (χ0v) is 18.9. The molecule has 1 aliphatic rings. The summed E-state index contributed by atoms with van der Waals surface area (Å²) >= 11 is 0. The van der Waals surface area contributed by atoms with Crippen LogP contribution in [0.15, 0.2) is 78.9 Å². The lowest BCUT2D eigenvalue weighted by Gasteiger charge is -2.20. The third-order valence-corrected chi connectivity index (χ3v) is 5.86. The van der Waals surface area contributed by atoms with Crippen LogP contribution < -0.4 is 20.9 Å². The van der Waals surface area contributed by atoms with Gasteiger partial charge in [0.1, 0.15) is 6.04 Å². The molecule has 0 bridgehead atoms. The number of aryl methyl sites for hydroxylation is 1. The molecule has 1 aliphatic heterocycles. The smallest absolute Gasteiger partial charge is 0.246 e. The van der Waals surface area contributed by atoms with E-state index in [-0.39, 0.29) is 18.4 Å². The minimum Gasteiger partial charge on any atom is -0.372 e. The topological polar surface area (TPSA) is 73.5 Å². The first-order valence-corrected chi connectivity index (χ1v) is 11.4. The van der Waals surface area contributed by atoms with Crippen molar-refractivity contribution in [2.24, 2.45) is 0 Å². The fourth-order valence-electron chi connectivity index (χ4n) is 4.09. The average molecular weight is 443 g/mol. The van der Waals surface area contributed by atoms with Crippen LogP contribution in [-0.2, 0) is 9.59 Å². The minimum atomic E-state index is -0.657. The maximum absolute atomic E-state index is 13.0. The number of hydrogen-bond acceptors (Lipinski definition) is 4. The fraction of sp³-hybridized carbons (Fsp3) is 0.259. The maximum Gasteiger partial charge on any atom is 0.246 e. The third kappa shape index (κ3) is 5.99. The number of benzene rings is 3. The van der Waals surface area contributed by atoms with Gasteiger partial charge >= 0.3 is 0 Å². The van der Waals surface area contributed by atoms with Crippen molar-refractivity contribution in [1.29, 1.82) is 0 Å². The Kier molecular flexibility index (Phi) is 7.37. The Labute approximate surface area is 195 Å². The van der Waals surface area contributed by atoms with Gasteiger partial charge in [-0.1, -0.05) is 48.5 Å². The first-order chi connectivity index (χ1) is 16.1. The first kappa shape index (κ1) is 22.6. The molecule has 0 aliphatic carbocycles. The molecule has 0 saturated carbocycles. The normalized spacial score (nSPS) is 14.0. The molecule has 4 rings (SSSR count). The Morgan fingerprint density at radius 1 is 0.879 bits per heavy atom. The summed E-state index contributed by atoms with van der Waals surface area (Å²) in [6.45, 7) is 4.18. The van der Waals surface area contributed by atoms with Crippen molar-refractivity contribution in [2.75, 3.05) is 35.2 Å². The van der Waals surface area contributed by atoms with Crippen LogP contribution in [0.1, 0.15) is 30.0 Å². The van der Waals surface area contributed by atoms with Crippen molar-refractivity contribution in [3.8, 4) is 0 Å². The summed E-state index contributed by atoms with van der Waals surface area (Å²) in [6, 6.07) is 24.2. The Balaban J connectivity index is 1.40. The summed E-state index contributed by atoms with van der Waals surface area (Å²) in [5, 5.41) is 9.01. The van der Waals surface area contributed by atoms with Crippen molar-refractivity contribution in [3.63, 3.8) is 0 Å². The molecule has 0 aromatic heterocycles. The molecular weight excluding hydrogens is 412 g/mol. The molecule has 2 amide bonds. The predicted octanol–water partition coefficient (Wildman–Crippen LogP) is 4.50. The van der Waals surface area contributed by atoms with E-state index in [1.54, 1.807) is 0 Å². The van der Waals surface area contributed by atoms with Crippen LogP contribution in [0.4, 0.5) is 17.1 Å². The molecule has 0 radical (unpaired) electrons. The van der Waals surface area contributed by atoms with E-state index in [2.05, 4.69) is 33.0 Å². The number of anilines is 3. The number of hydrogen-bond donors (Lipinski definition) is 3. The van der Waals surface area contributed by atoms with Crippen LogP contribution in [0.3, 0.4) is 0 Å². The number of para-hydroxylation sites is 1. The van der Waals surface area contributed by atoms with Crippen LogP contribution >= 0.6 is 0 Å². The summed E-state index contributed by atoms with van der Waals surface area (Å²) in [4.78, 5) is 28.1. The van der Waals surface area contributed by atoms with Gasteiger partial charge < -0.3 is 15.5 Å². The number of amides is 2. The van der Waals surface area contributed by atoms with E-state index in [4.69, 9.17) is 0 Å². The fourth-order valence-corrected chi connectivity index (χ4v) is 4.09. The summed E-state index contributed by atoms with van der Waals surface area (Å²) in [7, 11) is 0. The second-order valence-corrected chi connectivity index (χ2v) is 8.32. The zero-order valence-electron chi connectivity index (χ0n) is 18.9. The summed E-state index contributed by atoms with van der Waals surface area (Å²) < 4.78 is 0. The average Bonchev–Trinajstić information content (AvgIpc) is 3.37. The second kappa shape index (κ2) is 10.8. The second-order valence-electron chi connectivity index (χ2n) is 8.32. The lowest BCUT2D eigenvalue weighted by molar-refractivity contribution is -0.119. The molecule has 1 atom stereocenters. The highest BCUT2D eigenvalue weighted by molar-refractivity contribution is 5.97. The molecule has 3 N–H and O–H groups in total. The molecule has 1 fully saturated rings. The van der Waals surface area contributed by atoms with Crippen LogP contribution in [-0.4, -0.2) is 31.4 Å². The van der Waals surface area contributed by atoms with Gasteiger partial charge in [-0.15, -0.1) is 0 Å². The van der Waals surface area contributed by atoms with Gasteiger partial charge in [-0.05, 0) is 61.2 Å². The van der Waals surface area contributed by atoms with Crippen molar-refractivity contribution in [2.45, 2.75) is 25.8 Å². The zero-order chi connectivity index (χ0) is 23.0. The van der Waals surface area contributed by atoms with Crippen molar-refractivity contribution >= 4 is 28.9 Å². The molecular formula is C27H30N4O2. The van der Waals surface area contributed by atoms with E-state index in [0.29, 0.717) is 5.69 Å². The molecule has 6 heteroatoms. The number of rotatable bonds is 8. The Hall–Kier alpha value is -3.64. The van der Waals surface area contributed by atoms with Crippen LogP contribution in [0, 0.1) is 6.92 Å². The summed E-state index contributed by atoms with van der Waals surface area (Å²) in [5.41, 5.74) is 4.51. The van der Waals surface area contributed by atoms with E-state index in [1.807, 2.05) is 73.7 Å². The van der Waals surface area contributed by atoms with Gasteiger partial charge in [0.15, 0.2) is 0 Å². The van der Waals surface area contributed by atoms with Crippen molar-refractivity contribution in [1.82, 2.24) is 5.32 Å². The summed E-state index contributed by atoms with van der Waals surface area (Å²) in [6.07, 6.45) is 2.45. The molecule has 3 aromatic rings. The van der Waals surface area contributed by atoms with Gasteiger partial charge in [0, 0.05) is 30.2 Å². The largest absolute Gasteiger partial charge is 0.372 e. The highest BCUT2D eigenvalue weighted by atomic mass is 16.2. The lowest BCUT2D eigenvalue weighted by atomic mass is 10.1. The van der Waals surface area contributed by atoms with Crippen LogP contribution in [0.25, 0.3) is 0 Å². The van der Waals surface area contributed by atoms with Gasteiger partial charge in [-0.3, -0.25) is 14.9 Å². The predicted molar refractivity (Wildman–Crippen MR) is 134 cm³/mol. The monoisotopic (exact) mass is 442 g/mol. The molecule has 0 spiro atoms. The number of carbonyl (C=O) groups excluding carboxylic acids is 2. The molecule has 1 unspecified atom stereocenters. The lowest BCUT2D eigenvalue weighted by Crippen LogP contribution is -2.37. The minimum absolute atomic E-state index is 0.00901. The van der Waals surface area contributed by atoms with E-state index >= 15 is 0 Å².